The fraction of sp³-hybridized carbons (Fsp3) is 0.500. The maximum absolute atomic E-state index is 11.4. The van der Waals surface area contributed by atoms with E-state index in [-0.39, 0.29) is 0 Å². The van der Waals surface area contributed by atoms with Crippen LogP contribution >= 0.6 is 11.6 Å². The van der Waals surface area contributed by atoms with Gasteiger partial charge >= 0.3 is 6.09 Å². The highest BCUT2D eigenvalue weighted by atomic mass is 35.5. The lowest BCUT2D eigenvalue weighted by atomic mass is 10.2. The number of amides is 1. The van der Waals surface area contributed by atoms with Crippen molar-refractivity contribution in [2.75, 3.05) is 13.2 Å². The number of rotatable bonds is 4. The summed E-state index contributed by atoms with van der Waals surface area (Å²) in [6, 6.07) is 5.55. The largest absolute Gasteiger partial charge is 0.490 e. The van der Waals surface area contributed by atoms with E-state index in [4.69, 9.17) is 21.1 Å². The van der Waals surface area contributed by atoms with E-state index in [1.54, 1.807) is 6.07 Å². The van der Waals surface area contributed by atoms with E-state index in [0.717, 1.165) is 5.56 Å². The molecule has 1 N–H and O–H groups in total. The van der Waals surface area contributed by atoms with Gasteiger partial charge in [-0.15, -0.1) is 0 Å². The van der Waals surface area contributed by atoms with Crippen LogP contribution in [0.3, 0.4) is 0 Å². The fourth-order valence-electron chi connectivity index (χ4n) is 1.42. The SMILES string of the molecule is Cc1cccc(Cl)c1OCCNC(=O)OC(C)(C)C. The number of aryl methyl sites for hydroxylation is 1. The van der Waals surface area contributed by atoms with Crippen LogP contribution in [-0.4, -0.2) is 24.8 Å². The standard InChI is InChI=1S/C14H20ClNO3/c1-10-6-5-7-11(15)12(10)18-9-8-16-13(17)19-14(2,3)4/h5-7H,8-9H2,1-4H3,(H,16,17). The molecule has 0 unspecified atom stereocenters. The second kappa shape index (κ2) is 6.66. The molecule has 0 saturated carbocycles. The third-order valence-corrected chi connectivity index (χ3v) is 2.48. The van der Waals surface area contributed by atoms with Crippen molar-refractivity contribution in [3.05, 3.63) is 28.8 Å². The van der Waals surface area contributed by atoms with Gasteiger partial charge in [0, 0.05) is 0 Å². The van der Waals surface area contributed by atoms with E-state index >= 15 is 0 Å². The Morgan fingerprint density at radius 3 is 2.63 bits per heavy atom. The van der Waals surface area contributed by atoms with Gasteiger partial charge in [0.15, 0.2) is 0 Å². The molecule has 106 valence electrons. The van der Waals surface area contributed by atoms with Gasteiger partial charge in [0.25, 0.3) is 0 Å². The third-order valence-electron chi connectivity index (χ3n) is 2.18. The molecule has 0 aliphatic rings. The number of carbonyl (C=O) groups is 1. The molecule has 0 radical (unpaired) electrons. The second-order valence-corrected chi connectivity index (χ2v) is 5.57. The van der Waals surface area contributed by atoms with Gasteiger partial charge < -0.3 is 14.8 Å². The predicted octanol–water partition coefficient (Wildman–Crippen LogP) is 3.55. The Kier molecular flexibility index (Phi) is 5.48. The fourth-order valence-corrected chi connectivity index (χ4v) is 1.70. The first-order chi connectivity index (χ1) is 8.79. The molecule has 0 fully saturated rings. The number of ether oxygens (including phenoxy) is 2. The molecule has 0 atom stereocenters. The zero-order valence-corrected chi connectivity index (χ0v) is 12.5. The number of benzene rings is 1. The summed E-state index contributed by atoms with van der Waals surface area (Å²) in [5.74, 6) is 0.648. The summed E-state index contributed by atoms with van der Waals surface area (Å²) in [6.45, 7) is 8.06. The van der Waals surface area contributed by atoms with E-state index in [9.17, 15) is 4.79 Å². The van der Waals surface area contributed by atoms with E-state index in [1.165, 1.54) is 0 Å². The van der Waals surface area contributed by atoms with Gasteiger partial charge in [0.05, 0.1) is 11.6 Å². The van der Waals surface area contributed by atoms with Gasteiger partial charge in [-0.05, 0) is 39.3 Å². The van der Waals surface area contributed by atoms with Crippen LogP contribution in [0.1, 0.15) is 26.3 Å². The Labute approximate surface area is 119 Å². The second-order valence-electron chi connectivity index (χ2n) is 5.16. The van der Waals surface area contributed by atoms with Gasteiger partial charge in [-0.25, -0.2) is 4.79 Å². The Bertz CT molecular complexity index is 421. The molecule has 5 heteroatoms. The number of nitrogens with one attached hydrogen (secondary N) is 1. The molecule has 19 heavy (non-hydrogen) atoms. The molecule has 1 aromatic carbocycles. The number of para-hydroxylation sites is 1. The van der Waals surface area contributed by atoms with Crippen LogP contribution in [0, 0.1) is 6.92 Å². The molecule has 0 spiro atoms. The van der Waals surface area contributed by atoms with E-state index < -0.39 is 11.7 Å². The van der Waals surface area contributed by atoms with Crippen molar-refractivity contribution in [1.82, 2.24) is 5.32 Å². The van der Waals surface area contributed by atoms with Gasteiger partial charge in [-0.1, -0.05) is 23.7 Å². The van der Waals surface area contributed by atoms with Crippen molar-refractivity contribution >= 4 is 17.7 Å². The van der Waals surface area contributed by atoms with Crippen molar-refractivity contribution in [3.63, 3.8) is 0 Å². The normalized spacial score (nSPS) is 11.0. The molecule has 0 heterocycles. The smallest absolute Gasteiger partial charge is 0.407 e. The zero-order chi connectivity index (χ0) is 14.5. The summed E-state index contributed by atoms with van der Waals surface area (Å²) in [5.41, 5.74) is 0.467. The molecule has 0 aliphatic heterocycles. The first-order valence-electron chi connectivity index (χ1n) is 6.14. The van der Waals surface area contributed by atoms with Crippen LogP contribution in [0.5, 0.6) is 5.75 Å². The summed E-state index contributed by atoms with van der Waals surface area (Å²) in [6.07, 6.45) is -0.452. The van der Waals surface area contributed by atoms with E-state index in [2.05, 4.69) is 5.32 Å². The van der Waals surface area contributed by atoms with Gasteiger partial charge in [-0.2, -0.15) is 0 Å². The van der Waals surface area contributed by atoms with Crippen molar-refractivity contribution in [2.45, 2.75) is 33.3 Å². The highest BCUT2D eigenvalue weighted by Gasteiger charge is 2.15. The highest BCUT2D eigenvalue weighted by Crippen LogP contribution is 2.27. The predicted molar refractivity (Wildman–Crippen MR) is 75.9 cm³/mol. The molecular formula is C14H20ClNO3. The summed E-state index contributed by atoms with van der Waals surface area (Å²) in [4.78, 5) is 11.4. The first kappa shape index (κ1) is 15.6. The minimum atomic E-state index is -0.496. The van der Waals surface area contributed by atoms with Crippen LogP contribution in [0.2, 0.25) is 5.02 Å². The summed E-state index contributed by atoms with van der Waals surface area (Å²) >= 11 is 6.02. The van der Waals surface area contributed by atoms with Gasteiger partial charge in [0.1, 0.15) is 18.0 Å². The monoisotopic (exact) mass is 285 g/mol. The maximum Gasteiger partial charge on any atom is 0.407 e. The van der Waals surface area contributed by atoms with Crippen LogP contribution in [0.25, 0.3) is 0 Å². The van der Waals surface area contributed by atoms with Crippen LogP contribution in [-0.2, 0) is 4.74 Å². The molecule has 0 saturated heterocycles. The number of hydrogen-bond donors (Lipinski definition) is 1. The van der Waals surface area contributed by atoms with Gasteiger partial charge in [0.2, 0.25) is 0 Å². The lowest BCUT2D eigenvalue weighted by Gasteiger charge is -2.19. The molecular weight excluding hydrogens is 266 g/mol. The average molecular weight is 286 g/mol. The molecule has 4 nitrogen and oxygen atoms in total. The lowest BCUT2D eigenvalue weighted by Crippen LogP contribution is -2.34. The summed E-state index contributed by atoms with van der Waals surface area (Å²) in [5, 5.41) is 3.19. The summed E-state index contributed by atoms with van der Waals surface area (Å²) in [7, 11) is 0. The Morgan fingerprint density at radius 1 is 1.37 bits per heavy atom. The minimum Gasteiger partial charge on any atom is -0.490 e. The topological polar surface area (TPSA) is 47.6 Å². The molecule has 1 aromatic rings. The third kappa shape index (κ3) is 5.83. The highest BCUT2D eigenvalue weighted by molar-refractivity contribution is 6.32. The van der Waals surface area contributed by atoms with Crippen molar-refractivity contribution in [3.8, 4) is 5.75 Å². The van der Waals surface area contributed by atoms with Crippen molar-refractivity contribution in [2.24, 2.45) is 0 Å². The molecule has 1 rings (SSSR count). The van der Waals surface area contributed by atoms with Crippen LogP contribution < -0.4 is 10.1 Å². The average Bonchev–Trinajstić information content (AvgIpc) is 2.25. The molecule has 0 aliphatic carbocycles. The molecule has 0 bridgehead atoms. The molecule has 1 amide bonds. The quantitative estimate of drug-likeness (QED) is 0.861. The Hall–Kier alpha value is -1.42. The lowest BCUT2D eigenvalue weighted by molar-refractivity contribution is 0.0520. The first-order valence-corrected chi connectivity index (χ1v) is 6.52. The number of alkyl carbamates (subject to hydrolysis) is 1. The van der Waals surface area contributed by atoms with Crippen LogP contribution in [0.15, 0.2) is 18.2 Å². The van der Waals surface area contributed by atoms with Gasteiger partial charge in [-0.3, -0.25) is 0 Å². The van der Waals surface area contributed by atoms with Crippen molar-refractivity contribution < 1.29 is 14.3 Å². The minimum absolute atomic E-state index is 0.337. The van der Waals surface area contributed by atoms with E-state index in [0.29, 0.717) is 23.9 Å². The molecule has 0 aromatic heterocycles. The van der Waals surface area contributed by atoms with Crippen LogP contribution in [0.4, 0.5) is 4.79 Å². The number of halogens is 1. The summed E-state index contributed by atoms with van der Waals surface area (Å²) < 4.78 is 10.7. The Balaban J connectivity index is 2.34. The number of hydrogen-bond acceptors (Lipinski definition) is 3. The number of carbonyl (C=O) groups excluding carboxylic acids is 1. The maximum atomic E-state index is 11.4. The Morgan fingerprint density at radius 2 is 2.05 bits per heavy atom. The zero-order valence-electron chi connectivity index (χ0n) is 11.7. The van der Waals surface area contributed by atoms with Crippen molar-refractivity contribution in [1.29, 1.82) is 0 Å². The van der Waals surface area contributed by atoms with E-state index in [1.807, 2.05) is 39.8 Å².